The Morgan fingerprint density at radius 2 is 2.15 bits per heavy atom. The van der Waals surface area contributed by atoms with E-state index in [0.29, 0.717) is 45.3 Å². The average molecular weight is 550 g/mol. The Morgan fingerprint density at radius 3 is 2.98 bits per heavy atom. The van der Waals surface area contributed by atoms with Crippen molar-refractivity contribution in [2.75, 3.05) is 44.5 Å². The second-order valence-electron chi connectivity index (χ2n) is 12.2. The zero-order valence-electron chi connectivity index (χ0n) is 23.0. The number of phenolic OH excluding ortho intramolecular Hbond substituents is 1. The molecular weight excluding hydrogens is 513 g/mol. The molecule has 1 aliphatic carbocycles. The molecule has 0 saturated carbocycles. The van der Waals surface area contributed by atoms with E-state index in [-0.39, 0.29) is 29.4 Å². The second kappa shape index (κ2) is 9.82. The summed E-state index contributed by atoms with van der Waals surface area (Å²) in [4.78, 5) is 14.1. The molecule has 0 bridgehead atoms. The zero-order valence-corrected chi connectivity index (χ0v) is 23.0. The van der Waals surface area contributed by atoms with Crippen LogP contribution in [0.4, 0.5) is 10.2 Å². The van der Waals surface area contributed by atoms with Crippen LogP contribution in [0.1, 0.15) is 79.3 Å². The van der Waals surface area contributed by atoms with Gasteiger partial charge in [-0.2, -0.15) is 15.2 Å². The van der Waals surface area contributed by atoms with Crippen molar-refractivity contribution >= 4 is 5.82 Å². The number of nitriles is 1. The lowest BCUT2D eigenvalue weighted by atomic mass is 9.69. The third kappa shape index (κ3) is 4.13. The molecule has 1 N–H and O–H groups in total. The normalized spacial score (nSPS) is 31.5. The van der Waals surface area contributed by atoms with Crippen molar-refractivity contribution in [3.63, 3.8) is 0 Å². The highest BCUT2D eigenvalue weighted by Gasteiger charge is 2.50. The highest BCUT2D eigenvalue weighted by atomic mass is 19.1. The summed E-state index contributed by atoms with van der Waals surface area (Å²) in [6.45, 7) is 6.12. The van der Waals surface area contributed by atoms with Crippen molar-refractivity contribution < 1.29 is 23.7 Å². The Kier molecular flexibility index (Phi) is 6.37. The Morgan fingerprint density at radius 1 is 1.25 bits per heavy atom. The first-order chi connectivity index (χ1) is 19.4. The maximum absolute atomic E-state index is 14.4. The quantitative estimate of drug-likeness (QED) is 0.605. The van der Waals surface area contributed by atoms with Gasteiger partial charge in [0, 0.05) is 37.1 Å². The zero-order chi connectivity index (χ0) is 27.5. The van der Waals surface area contributed by atoms with E-state index in [1.165, 1.54) is 0 Å². The van der Waals surface area contributed by atoms with Gasteiger partial charge in [0.2, 0.25) is 0 Å². The number of halogens is 1. The molecule has 0 amide bonds. The summed E-state index contributed by atoms with van der Waals surface area (Å²) in [7, 11) is 0. The number of phenols is 1. The molecule has 9 nitrogen and oxygen atoms in total. The molecule has 4 unspecified atom stereocenters. The van der Waals surface area contributed by atoms with Gasteiger partial charge in [-0.3, -0.25) is 4.90 Å². The summed E-state index contributed by atoms with van der Waals surface area (Å²) in [6.07, 6.45) is 4.58. The number of ether oxygens (including phenoxy) is 3. The molecular formula is C30H36FN5O4. The van der Waals surface area contributed by atoms with Crippen LogP contribution in [0.2, 0.25) is 0 Å². The number of hydrogen-bond acceptors (Lipinski definition) is 9. The van der Waals surface area contributed by atoms with Crippen molar-refractivity contribution in [2.45, 2.75) is 81.7 Å². The Labute approximate surface area is 233 Å². The fraction of sp³-hybridized carbons (Fsp3) is 0.633. The van der Waals surface area contributed by atoms with Crippen LogP contribution in [0.5, 0.6) is 11.8 Å². The highest BCUT2D eigenvalue weighted by Crippen LogP contribution is 2.51. The van der Waals surface area contributed by atoms with Crippen LogP contribution in [0, 0.1) is 11.3 Å². The van der Waals surface area contributed by atoms with Crippen LogP contribution >= 0.6 is 0 Å². The molecule has 1 spiro atoms. The van der Waals surface area contributed by atoms with E-state index < -0.39 is 11.8 Å². The molecule has 40 heavy (non-hydrogen) atoms. The first-order valence-corrected chi connectivity index (χ1v) is 14.6. The van der Waals surface area contributed by atoms with Crippen LogP contribution < -0.4 is 9.64 Å². The van der Waals surface area contributed by atoms with E-state index in [2.05, 4.69) is 22.8 Å². The fourth-order valence-corrected chi connectivity index (χ4v) is 7.73. The summed E-state index contributed by atoms with van der Waals surface area (Å²) in [5, 5.41) is 20.6. The number of fused-ring (bicyclic) bond motifs is 4. The topological polar surface area (TPSA) is 104 Å². The molecule has 3 fully saturated rings. The van der Waals surface area contributed by atoms with Gasteiger partial charge in [-0.25, -0.2) is 4.39 Å². The lowest BCUT2D eigenvalue weighted by Gasteiger charge is -2.45. The Bertz CT molecular complexity index is 1360. The first kappa shape index (κ1) is 25.9. The van der Waals surface area contributed by atoms with Crippen LogP contribution in [0.15, 0.2) is 12.1 Å². The molecule has 1 aromatic heterocycles. The molecule has 2 aromatic rings. The maximum Gasteiger partial charge on any atom is 0.318 e. The summed E-state index contributed by atoms with van der Waals surface area (Å²) in [5.74, 6) is 0.985. The molecule has 5 heterocycles. The largest absolute Gasteiger partial charge is 0.507 e. The molecule has 212 valence electrons. The molecule has 0 radical (unpaired) electrons. The maximum atomic E-state index is 14.4. The molecule has 5 aliphatic rings. The average Bonchev–Trinajstić information content (AvgIpc) is 3.49. The molecule has 4 aliphatic heterocycles. The van der Waals surface area contributed by atoms with Crippen molar-refractivity contribution in [2.24, 2.45) is 0 Å². The van der Waals surface area contributed by atoms with Crippen molar-refractivity contribution in [3.8, 4) is 17.8 Å². The van der Waals surface area contributed by atoms with E-state index in [1.54, 1.807) is 6.07 Å². The summed E-state index contributed by atoms with van der Waals surface area (Å²) in [5.41, 5.74) is 2.78. The summed E-state index contributed by atoms with van der Waals surface area (Å²) in [6, 6.07) is 6.07. The van der Waals surface area contributed by atoms with Gasteiger partial charge in [-0.1, -0.05) is 13.0 Å². The molecule has 10 heteroatoms. The summed E-state index contributed by atoms with van der Waals surface area (Å²) >= 11 is 0. The third-order valence-corrected chi connectivity index (χ3v) is 9.79. The van der Waals surface area contributed by atoms with Gasteiger partial charge in [0.05, 0.1) is 24.4 Å². The third-order valence-electron chi connectivity index (χ3n) is 9.79. The monoisotopic (exact) mass is 549 g/mol. The minimum Gasteiger partial charge on any atom is -0.507 e. The Balaban J connectivity index is 1.27. The van der Waals surface area contributed by atoms with Gasteiger partial charge in [0.15, 0.2) is 0 Å². The number of hydrogen-bond donors (Lipinski definition) is 1. The Hall–Kier alpha value is -3.00. The van der Waals surface area contributed by atoms with E-state index in [9.17, 15) is 14.8 Å². The number of alkyl halides is 1. The minimum absolute atomic E-state index is 0.0231. The SMILES string of the molecule is CC1CCC2(Cc3nc(OCC45CCCN4CC(F)C5)nc(N4CCCOC4)c3CO2)c2c1ccc(O)c2C#N. The number of aromatic hydroxyl groups is 1. The van der Waals surface area contributed by atoms with Crippen molar-refractivity contribution in [1.29, 1.82) is 5.26 Å². The standard InChI is InChI=1S/C30H36FN5O4/c1-19-6-8-30(26-21(19)4-5-25(37)22(26)14-32)13-24-23(16-40-30)27(35-9-3-11-38-18-35)34-28(33-24)39-17-29-7-2-10-36(29)15-20(31)12-29/h4-5,19-20,37H,2-3,6-13,15-18H2,1H3. The molecule has 3 saturated heterocycles. The van der Waals surface area contributed by atoms with Crippen LogP contribution in [0.25, 0.3) is 0 Å². The van der Waals surface area contributed by atoms with E-state index in [4.69, 9.17) is 24.2 Å². The summed E-state index contributed by atoms with van der Waals surface area (Å²) < 4.78 is 33.2. The predicted octanol–water partition coefficient (Wildman–Crippen LogP) is 4.06. The first-order valence-electron chi connectivity index (χ1n) is 14.6. The lowest BCUT2D eigenvalue weighted by Crippen LogP contribution is -2.44. The second-order valence-corrected chi connectivity index (χ2v) is 12.2. The minimum atomic E-state index is -0.828. The lowest BCUT2D eigenvalue weighted by molar-refractivity contribution is -0.0875. The number of rotatable bonds is 4. The van der Waals surface area contributed by atoms with Crippen LogP contribution in [-0.2, 0) is 28.1 Å². The fourth-order valence-electron chi connectivity index (χ4n) is 7.73. The van der Waals surface area contributed by atoms with Crippen LogP contribution in [0.3, 0.4) is 0 Å². The van der Waals surface area contributed by atoms with Gasteiger partial charge < -0.3 is 24.2 Å². The van der Waals surface area contributed by atoms with Gasteiger partial charge in [0.25, 0.3) is 0 Å². The van der Waals surface area contributed by atoms with Crippen LogP contribution in [-0.4, -0.2) is 71.3 Å². The van der Waals surface area contributed by atoms with Gasteiger partial charge >= 0.3 is 6.01 Å². The van der Waals surface area contributed by atoms with Crippen molar-refractivity contribution in [1.82, 2.24) is 14.9 Å². The van der Waals surface area contributed by atoms with Crippen molar-refractivity contribution in [3.05, 3.63) is 40.1 Å². The van der Waals surface area contributed by atoms with E-state index in [0.717, 1.165) is 73.4 Å². The van der Waals surface area contributed by atoms with Gasteiger partial charge in [0.1, 0.15) is 48.3 Å². The molecule has 1 aromatic carbocycles. The molecule has 4 atom stereocenters. The highest BCUT2D eigenvalue weighted by molar-refractivity contribution is 5.58. The van der Waals surface area contributed by atoms with E-state index in [1.807, 2.05) is 6.07 Å². The number of benzene rings is 1. The van der Waals surface area contributed by atoms with Gasteiger partial charge in [-0.05, 0) is 56.2 Å². The number of aromatic nitrogens is 2. The number of nitrogens with zero attached hydrogens (tertiary/aromatic N) is 5. The molecule has 7 rings (SSSR count). The predicted molar refractivity (Wildman–Crippen MR) is 144 cm³/mol. The van der Waals surface area contributed by atoms with E-state index >= 15 is 0 Å². The number of anilines is 1. The van der Waals surface area contributed by atoms with Gasteiger partial charge in [-0.15, -0.1) is 0 Å². The smallest absolute Gasteiger partial charge is 0.318 e.